The van der Waals surface area contributed by atoms with Gasteiger partial charge in [0.1, 0.15) is 5.82 Å². The molecule has 0 amide bonds. The number of para-hydroxylation sites is 1. The summed E-state index contributed by atoms with van der Waals surface area (Å²) in [6.45, 7) is 3.40. The average Bonchev–Trinajstić information content (AvgIpc) is 2.43. The predicted molar refractivity (Wildman–Crippen MR) is 76.2 cm³/mol. The molecule has 0 unspecified atom stereocenters. The molecule has 20 heavy (non-hydrogen) atoms. The first-order chi connectivity index (χ1) is 9.70. The molecule has 3 nitrogen and oxygen atoms in total. The summed E-state index contributed by atoms with van der Waals surface area (Å²) in [6.07, 6.45) is 0. The van der Waals surface area contributed by atoms with Crippen molar-refractivity contribution in [1.29, 1.82) is 0 Å². The molecular formula is C16H18FNO2. The Balaban J connectivity index is 1.96. The fourth-order valence-electron chi connectivity index (χ4n) is 1.97. The average molecular weight is 275 g/mol. The lowest BCUT2D eigenvalue weighted by molar-refractivity contribution is 0.316. The normalized spacial score (nSPS) is 10.5. The summed E-state index contributed by atoms with van der Waals surface area (Å²) in [4.78, 5) is 0. The van der Waals surface area contributed by atoms with E-state index in [0.29, 0.717) is 25.4 Å². The molecule has 0 aliphatic heterocycles. The van der Waals surface area contributed by atoms with Gasteiger partial charge in [-0.05, 0) is 30.7 Å². The Kier molecular flexibility index (Phi) is 4.96. The van der Waals surface area contributed by atoms with Crippen LogP contribution in [0.1, 0.15) is 18.1 Å². The lowest BCUT2D eigenvalue weighted by Crippen LogP contribution is -2.13. The van der Waals surface area contributed by atoms with E-state index in [1.165, 1.54) is 12.1 Å². The van der Waals surface area contributed by atoms with E-state index in [4.69, 9.17) is 4.74 Å². The maximum absolute atomic E-state index is 13.0. The third-order valence-electron chi connectivity index (χ3n) is 2.92. The molecular weight excluding hydrogens is 257 g/mol. The van der Waals surface area contributed by atoms with E-state index in [2.05, 4.69) is 5.32 Å². The highest BCUT2D eigenvalue weighted by atomic mass is 19.1. The molecule has 0 bridgehead atoms. The van der Waals surface area contributed by atoms with Crippen molar-refractivity contribution in [3.8, 4) is 11.5 Å². The molecule has 0 fully saturated rings. The SMILES string of the molecule is CCOc1cccc(CNCc2cccc(F)c2)c1O. The molecule has 2 rings (SSSR count). The Morgan fingerprint density at radius 2 is 1.95 bits per heavy atom. The van der Waals surface area contributed by atoms with Gasteiger partial charge in [-0.2, -0.15) is 0 Å². The topological polar surface area (TPSA) is 41.5 Å². The van der Waals surface area contributed by atoms with Gasteiger partial charge in [0.2, 0.25) is 0 Å². The van der Waals surface area contributed by atoms with Gasteiger partial charge in [0.25, 0.3) is 0 Å². The first-order valence-electron chi connectivity index (χ1n) is 6.59. The van der Waals surface area contributed by atoms with E-state index < -0.39 is 0 Å². The summed E-state index contributed by atoms with van der Waals surface area (Å²) in [7, 11) is 0. The van der Waals surface area contributed by atoms with Crippen molar-refractivity contribution < 1.29 is 14.2 Å². The molecule has 0 spiro atoms. The molecule has 106 valence electrons. The van der Waals surface area contributed by atoms with Crippen molar-refractivity contribution in [2.75, 3.05) is 6.61 Å². The Hall–Kier alpha value is -2.07. The smallest absolute Gasteiger partial charge is 0.162 e. The van der Waals surface area contributed by atoms with Crippen LogP contribution in [0.25, 0.3) is 0 Å². The Labute approximate surface area is 118 Å². The lowest BCUT2D eigenvalue weighted by Gasteiger charge is -2.11. The highest BCUT2D eigenvalue weighted by Crippen LogP contribution is 2.29. The summed E-state index contributed by atoms with van der Waals surface area (Å²) in [5, 5.41) is 13.2. The monoisotopic (exact) mass is 275 g/mol. The zero-order valence-corrected chi connectivity index (χ0v) is 11.4. The third kappa shape index (κ3) is 3.71. The van der Waals surface area contributed by atoms with Gasteiger partial charge in [0.15, 0.2) is 11.5 Å². The largest absolute Gasteiger partial charge is 0.504 e. The van der Waals surface area contributed by atoms with Crippen LogP contribution in [0.3, 0.4) is 0 Å². The van der Waals surface area contributed by atoms with Crippen molar-refractivity contribution in [2.24, 2.45) is 0 Å². The van der Waals surface area contributed by atoms with E-state index in [-0.39, 0.29) is 11.6 Å². The molecule has 0 heterocycles. The number of rotatable bonds is 6. The van der Waals surface area contributed by atoms with Gasteiger partial charge in [-0.3, -0.25) is 0 Å². The quantitative estimate of drug-likeness (QED) is 0.850. The molecule has 0 aliphatic carbocycles. The van der Waals surface area contributed by atoms with Crippen molar-refractivity contribution in [2.45, 2.75) is 20.0 Å². The van der Waals surface area contributed by atoms with Gasteiger partial charge in [0, 0.05) is 18.7 Å². The van der Waals surface area contributed by atoms with E-state index in [9.17, 15) is 9.50 Å². The van der Waals surface area contributed by atoms with Crippen LogP contribution in [0.4, 0.5) is 4.39 Å². The second-order valence-electron chi connectivity index (χ2n) is 4.43. The summed E-state index contributed by atoms with van der Waals surface area (Å²) >= 11 is 0. The number of ether oxygens (including phenoxy) is 1. The predicted octanol–water partition coefficient (Wildman–Crippen LogP) is 3.22. The van der Waals surface area contributed by atoms with Gasteiger partial charge in [-0.25, -0.2) is 4.39 Å². The Morgan fingerprint density at radius 3 is 2.70 bits per heavy atom. The highest BCUT2D eigenvalue weighted by Gasteiger charge is 2.07. The fourth-order valence-corrected chi connectivity index (χ4v) is 1.97. The minimum Gasteiger partial charge on any atom is -0.504 e. The van der Waals surface area contributed by atoms with E-state index >= 15 is 0 Å². The summed E-state index contributed by atoms with van der Waals surface area (Å²) in [5.74, 6) is 0.393. The molecule has 0 saturated carbocycles. The molecule has 2 N–H and O–H groups in total. The number of aromatic hydroxyl groups is 1. The van der Waals surface area contributed by atoms with Gasteiger partial charge >= 0.3 is 0 Å². The molecule has 0 saturated heterocycles. The fraction of sp³-hybridized carbons (Fsp3) is 0.250. The first-order valence-corrected chi connectivity index (χ1v) is 6.59. The molecule has 0 radical (unpaired) electrons. The van der Waals surface area contributed by atoms with E-state index in [1.807, 2.05) is 25.1 Å². The summed E-state index contributed by atoms with van der Waals surface area (Å²) in [6, 6.07) is 11.8. The number of nitrogens with one attached hydrogen (secondary N) is 1. The maximum atomic E-state index is 13.0. The minimum absolute atomic E-state index is 0.154. The molecule has 0 atom stereocenters. The second kappa shape index (κ2) is 6.91. The lowest BCUT2D eigenvalue weighted by atomic mass is 10.1. The third-order valence-corrected chi connectivity index (χ3v) is 2.92. The van der Waals surface area contributed by atoms with Crippen molar-refractivity contribution >= 4 is 0 Å². The van der Waals surface area contributed by atoms with Gasteiger partial charge in [0.05, 0.1) is 6.61 Å². The van der Waals surface area contributed by atoms with E-state index in [1.54, 1.807) is 12.1 Å². The zero-order chi connectivity index (χ0) is 14.4. The number of phenolic OH excluding ortho intramolecular Hbond substituents is 1. The number of hydrogen-bond donors (Lipinski definition) is 2. The van der Waals surface area contributed by atoms with Crippen LogP contribution < -0.4 is 10.1 Å². The van der Waals surface area contributed by atoms with Crippen molar-refractivity contribution in [3.05, 3.63) is 59.4 Å². The highest BCUT2D eigenvalue weighted by molar-refractivity contribution is 5.45. The molecule has 2 aromatic rings. The maximum Gasteiger partial charge on any atom is 0.162 e. The summed E-state index contributed by atoms with van der Waals surface area (Å²) in [5.41, 5.74) is 1.62. The Morgan fingerprint density at radius 1 is 1.15 bits per heavy atom. The summed E-state index contributed by atoms with van der Waals surface area (Å²) < 4.78 is 18.4. The van der Waals surface area contributed by atoms with Crippen LogP contribution in [0, 0.1) is 5.82 Å². The van der Waals surface area contributed by atoms with Crippen molar-refractivity contribution in [1.82, 2.24) is 5.32 Å². The van der Waals surface area contributed by atoms with E-state index in [0.717, 1.165) is 11.1 Å². The molecule has 0 aromatic heterocycles. The van der Waals surface area contributed by atoms with Crippen LogP contribution >= 0.6 is 0 Å². The number of halogens is 1. The van der Waals surface area contributed by atoms with Crippen LogP contribution in [-0.2, 0) is 13.1 Å². The van der Waals surface area contributed by atoms with Gasteiger partial charge in [-0.15, -0.1) is 0 Å². The van der Waals surface area contributed by atoms with Crippen LogP contribution in [0.15, 0.2) is 42.5 Å². The van der Waals surface area contributed by atoms with Gasteiger partial charge in [-0.1, -0.05) is 24.3 Å². The molecule has 4 heteroatoms. The van der Waals surface area contributed by atoms with Crippen LogP contribution in [0.5, 0.6) is 11.5 Å². The van der Waals surface area contributed by atoms with Gasteiger partial charge < -0.3 is 15.2 Å². The molecule has 2 aromatic carbocycles. The first kappa shape index (κ1) is 14.3. The van der Waals surface area contributed by atoms with Crippen LogP contribution in [-0.4, -0.2) is 11.7 Å². The molecule has 0 aliphatic rings. The number of hydrogen-bond acceptors (Lipinski definition) is 3. The van der Waals surface area contributed by atoms with Crippen molar-refractivity contribution in [3.63, 3.8) is 0 Å². The minimum atomic E-state index is -0.245. The number of phenols is 1. The second-order valence-corrected chi connectivity index (χ2v) is 4.43. The van der Waals surface area contributed by atoms with Crippen LogP contribution in [0.2, 0.25) is 0 Å². The zero-order valence-electron chi connectivity index (χ0n) is 11.4. The standard InChI is InChI=1S/C16H18FNO2/c1-2-20-15-8-4-6-13(16(15)19)11-18-10-12-5-3-7-14(17)9-12/h3-9,18-19H,2,10-11H2,1H3. The number of benzene rings is 2. The Bertz CT molecular complexity index is 572.